The quantitative estimate of drug-likeness (QED) is 0.241. The molecular formula is C27H24N4O3. The van der Waals surface area contributed by atoms with Crippen LogP contribution >= 0.6 is 0 Å². The van der Waals surface area contributed by atoms with Gasteiger partial charge in [0, 0.05) is 6.07 Å². The van der Waals surface area contributed by atoms with E-state index in [1.54, 1.807) is 26.4 Å². The van der Waals surface area contributed by atoms with E-state index in [0.717, 1.165) is 17.1 Å². The average molecular weight is 453 g/mol. The third kappa shape index (κ3) is 6.26. The van der Waals surface area contributed by atoms with E-state index < -0.39 is 0 Å². The van der Waals surface area contributed by atoms with Crippen LogP contribution in [-0.4, -0.2) is 14.2 Å². The van der Waals surface area contributed by atoms with Crippen LogP contribution in [0.25, 0.3) is 0 Å². The van der Waals surface area contributed by atoms with E-state index in [0.29, 0.717) is 35.1 Å². The Balaban J connectivity index is 1.39. The molecule has 0 saturated carbocycles. The van der Waals surface area contributed by atoms with E-state index in [1.165, 1.54) is 0 Å². The SMILES string of the molecule is COc1ccc(N=Nc2ccc(N=Nc3ccc(OCc4ccccc4)cc3)cc2OC)cc1. The molecule has 7 nitrogen and oxygen atoms in total. The van der Waals surface area contributed by atoms with Crippen LogP contribution in [0.1, 0.15) is 5.56 Å². The van der Waals surface area contributed by atoms with Crippen molar-refractivity contribution in [2.24, 2.45) is 20.5 Å². The van der Waals surface area contributed by atoms with Crippen molar-refractivity contribution in [1.82, 2.24) is 0 Å². The van der Waals surface area contributed by atoms with Crippen LogP contribution in [0.4, 0.5) is 22.7 Å². The van der Waals surface area contributed by atoms with Gasteiger partial charge in [-0.3, -0.25) is 0 Å². The first-order valence-electron chi connectivity index (χ1n) is 10.7. The maximum Gasteiger partial charge on any atom is 0.148 e. The summed E-state index contributed by atoms with van der Waals surface area (Å²) >= 11 is 0. The number of ether oxygens (including phenoxy) is 3. The first-order chi connectivity index (χ1) is 16.7. The summed E-state index contributed by atoms with van der Waals surface area (Å²) in [4.78, 5) is 0. The maximum absolute atomic E-state index is 5.81. The van der Waals surface area contributed by atoms with Crippen molar-refractivity contribution < 1.29 is 14.2 Å². The molecule has 0 unspecified atom stereocenters. The van der Waals surface area contributed by atoms with Crippen molar-refractivity contribution in [3.8, 4) is 17.2 Å². The third-order valence-corrected chi connectivity index (χ3v) is 4.87. The van der Waals surface area contributed by atoms with Gasteiger partial charge in [-0.25, -0.2) is 0 Å². The van der Waals surface area contributed by atoms with Crippen molar-refractivity contribution in [3.63, 3.8) is 0 Å². The second kappa shape index (κ2) is 11.4. The fourth-order valence-electron chi connectivity index (χ4n) is 3.04. The summed E-state index contributed by atoms with van der Waals surface area (Å²) in [7, 11) is 3.20. The fraction of sp³-hybridized carbons (Fsp3) is 0.111. The maximum atomic E-state index is 5.81. The predicted octanol–water partition coefficient (Wildman–Crippen LogP) is 8.11. The van der Waals surface area contributed by atoms with Crippen molar-refractivity contribution in [1.29, 1.82) is 0 Å². The first kappa shape index (κ1) is 22.7. The van der Waals surface area contributed by atoms with E-state index in [-0.39, 0.29) is 0 Å². The van der Waals surface area contributed by atoms with Gasteiger partial charge < -0.3 is 14.2 Å². The average Bonchev–Trinajstić information content (AvgIpc) is 2.91. The Kier molecular flexibility index (Phi) is 7.58. The second-order valence-electron chi connectivity index (χ2n) is 7.22. The van der Waals surface area contributed by atoms with Gasteiger partial charge in [0.05, 0.1) is 31.3 Å². The lowest BCUT2D eigenvalue weighted by molar-refractivity contribution is 0.306. The highest BCUT2D eigenvalue weighted by Gasteiger charge is 2.04. The lowest BCUT2D eigenvalue weighted by Gasteiger charge is -2.06. The fourth-order valence-corrected chi connectivity index (χ4v) is 3.04. The van der Waals surface area contributed by atoms with Gasteiger partial charge in [-0.2, -0.15) is 15.3 Å². The van der Waals surface area contributed by atoms with Gasteiger partial charge in [-0.05, 0) is 66.2 Å². The minimum atomic E-state index is 0.518. The van der Waals surface area contributed by atoms with E-state index >= 15 is 0 Å². The minimum absolute atomic E-state index is 0.518. The van der Waals surface area contributed by atoms with Crippen LogP contribution in [0.3, 0.4) is 0 Å². The molecule has 0 spiro atoms. The van der Waals surface area contributed by atoms with Gasteiger partial charge in [0.1, 0.15) is 29.5 Å². The largest absolute Gasteiger partial charge is 0.497 e. The van der Waals surface area contributed by atoms with E-state index in [2.05, 4.69) is 20.5 Å². The van der Waals surface area contributed by atoms with Gasteiger partial charge >= 0.3 is 0 Å². The number of nitrogens with zero attached hydrogens (tertiary/aromatic N) is 4. The standard InChI is InChI=1S/C27H24N4O3/c1-32-24-13-8-22(9-14-24)29-31-26-17-12-23(18-27(26)33-2)30-28-21-10-15-25(16-11-21)34-19-20-6-4-3-5-7-20/h3-18H,19H2,1-2H3. The molecule has 170 valence electrons. The molecule has 0 aliphatic rings. The van der Waals surface area contributed by atoms with Crippen molar-refractivity contribution in [2.45, 2.75) is 6.61 Å². The van der Waals surface area contributed by atoms with Gasteiger partial charge in [-0.15, -0.1) is 5.11 Å². The molecule has 0 fully saturated rings. The molecule has 0 atom stereocenters. The summed E-state index contributed by atoms with van der Waals surface area (Å²) in [5, 5.41) is 17.1. The van der Waals surface area contributed by atoms with Gasteiger partial charge in [0.2, 0.25) is 0 Å². The van der Waals surface area contributed by atoms with Crippen LogP contribution in [0, 0.1) is 0 Å². The summed E-state index contributed by atoms with van der Waals surface area (Å²) in [6, 6.07) is 30.2. The molecular weight excluding hydrogens is 428 g/mol. The van der Waals surface area contributed by atoms with Crippen molar-refractivity contribution in [3.05, 3.63) is 103 Å². The number of azo groups is 2. The topological polar surface area (TPSA) is 77.1 Å². The Morgan fingerprint density at radius 2 is 1.15 bits per heavy atom. The Labute approximate surface area is 198 Å². The molecule has 0 amide bonds. The summed E-state index contributed by atoms with van der Waals surface area (Å²) in [5.41, 5.74) is 3.78. The van der Waals surface area contributed by atoms with Crippen molar-refractivity contribution >= 4 is 22.7 Å². The zero-order valence-electron chi connectivity index (χ0n) is 19.0. The number of rotatable bonds is 9. The summed E-state index contributed by atoms with van der Waals surface area (Å²) in [5.74, 6) is 2.09. The summed E-state index contributed by atoms with van der Waals surface area (Å²) in [6.45, 7) is 0.518. The number of benzene rings is 4. The zero-order valence-corrected chi connectivity index (χ0v) is 19.0. The first-order valence-corrected chi connectivity index (χ1v) is 10.7. The van der Waals surface area contributed by atoms with Crippen LogP contribution in [-0.2, 0) is 6.61 Å². The zero-order chi connectivity index (χ0) is 23.6. The summed E-state index contributed by atoms with van der Waals surface area (Å²) in [6.07, 6.45) is 0. The number of methoxy groups -OCH3 is 2. The van der Waals surface area contributed by atoms with E-state index in [1.807, 2.05) is 84.9 Å². The van der Waals surface area contributed by atoms with Crippen LogP contribution in [0.5, 0.6) is 17.2 Å². The molecule has 0 aromatic heterocycles. The molecule has 0 saturated heterocycles. The number of hydrogen-bond donors (Lipinski definition) is 0. The van der Waals surface area contributed by atoms with Crippen LogP contribution in [0.2, 0.25) is 0 Å². The van der Waals surface area contributed by atoms with E-state index in [4.69, 9.17) is 14.2 Å². The number of hydrogen-bond acceptors (Lipinski definition) is 7. The normalized spacial score (nSPS) is 11.1. The predicted molar refractivity (Wildman–Crippen MR) is 132 cm³/mol. The third-order valence-electron chi connectivity index (χ3n) is 4.87. The molecule has 4 aromatic carbocycles. The molecule has 0 N–H and O–H groups in total. The minimum Gasteiger partial charge on any atom is -0.497 e. The molecule has 4 aromatic rings. The molecule has 0 radical (unpaired) electrons. The monoisotopic (exact) mass is 452 g/mol. The van der Waals surface area contributed by atoms with Gasteiger partial charge in [0.25, 0.3) is 0 Å². The lowest BCUT2D eigenvalue weighted by atomic mass is 10.2. The highest BCUT2D eigenvalue weighted by atomic mass is 16.5. The molecule has 0 aliphatic heterocycles. The molecule has 34 heavy (non-hydrogen) atoms. The molecule has 7 heteroatoms. The molecule has 0 heterocycles. The highest BCUT2D eigenvalue weighted by Crippen LogP contribution is 2.34. The van der Waals surface area contributed by atoms with Crippen molar-refractivity contribution in [2.75, 3.05) is 14.2 Å². The molecule has 4 rings (SSSR count). The van der Waals surface area contributed by atoms with E-state index in [9.17, 15) is 0 Å². The Hall–Kier alpha value is -4.52. The highest BCUT2D eigenvalue weighted by molar-refractivity contribution is 5.59. The van der Waals surface area contributed by atoms with Crippen LogP contribution < -0.4 is 14.2 Å². The lowest BCUT2D eigenvalue weighted by Crippen LogP contribution is -1.94. The Morgan fingerprint density at radius 1 is 0.559 bits per heavy atom. The van der Waals surface area contributed by atoms with Gasteiger partial charge in [-0.1, -0.05) is 30.3 Å². The molecule has 0 aliphatic carbocycles. The summed E-state index contributed by atoms with van der Waals surface area (Å²) < 4.78 is 16.4. The van der Waals surface area contributed by atoms with Crippen LogP contribution in [0.15, 0.2) is 118 Å². The molecule has 0 bridgehead atoms. The Morgan fingerprint density at radius 3 is 1.79 bits per heavy atom. The Bertz CT molecular complexity index is 1260. The smallest absolute Gasteiger partial charge is 0.148 e. The second-order valence-corrected chi connectivity index (χ2v) is 7.22. The van der Waals surface area contributed by atoms with Gasteiger partial charge in [0.15, 0.2) is 0 Å².